The number of carbonyl (C=O) groups is 3. The molecule has 1 atom stereocenters. The molecule has 6 nitrogen and oxygen atoms in total. The van der Waals surface area contributed by atoms with Crippen molar-refractivity contribution < 1.29 is 18.8 Å². The number of nitrogens with zero attached hydrogens (tertiary/aromatic N) is 1. The number of imide groups is 1. The molecule has 1 aromatic carbocycles. The molecule has 6 heteroatoms. The van der Waals surface area contributed by atoms with E-state index in [1.54, 1.807) is 24.3 Å². The molecule has 2 heterocycles. The summed E-state index contributed by atoms with van der Waals surface area (Å²) in [6, 6.07) is 8.07. The molecule has 0 saturated carbocycles. The van der Waals surface area contributed by atoms with Gasteiger partial charge in [-0.25, -0.2) is 0 Å². The summed E-state index contributed by atoms with van der Waals surface area (Å²) < 4.78 is 5.23. The van der Waals surface area contributed by atoms with Crippen LogP contribution >= 0.6 is 0 Å². The quantitative estimate of drug-likeness (QED) is 0.653. The molecule has 0 radical (unpaired) electrons. The fraction of sp³-hybridized carbons (Fsp3) is 0.286. The Morgan fingerprint density at radius 1 is 1.15 bits per heavy atom. The summed E-state index contributed by atoms with van der Waals surface area (Å²) in [5, 5.41) is 2.94. The molecule has 0 spiro atoms. The molecule has 1 N–H and O–H groups in total. The van der Waals surface area contributed by atoms with Gasteiger partial charge >= 0.3 is 0 Å². The van der Waals surface area contributed by atoms with Gasteiger partial charge in [-0.3, -0.25) is 19.3 Å². The molecular formula is C21H20N2O4. The topological polar surface area (TPSA) is 79.6 Å². The minimum Gasteiger partial charge on any atom is -0.467 e. The van der Waals surface area contributed by atoms with Crippen molar-refractivity contribution in [2.24, 2.45) is 5.92 Å². The standard InChI is InChI=1S/C21H20N2O4/c24-19(22-12-14-5-2-1-3-6-14)15-8-9-17-18(11-15)21(26)23(20(17)25)13-16-7-4-10-27-16/h1-2,4,7-11,14H,3,5-6,12-13H2,(H,22,24). The maximum absolute atomic E-state index is 12.6. The van der Waals surface area contributed by atoms with Crippen molar-refractivity contribution in [3.05, 3.63) is 71.2 Å². The highest BCUT2D eigenvalue weighted by molar-refractivity contribution is 6.21. The van der Waals surface area contributed by atoms with Gasteiger partial charge in [0.05, 0.1) is 23.9 Å². The highest BCUT2D eigenvalue weighted by Crippen LogP contribution is 2.26. The molecule has 1 unspecified atom stereocenters. The van der Waals surface area contributed by atoms with E-state index in [-0.39, 0.29) is 23.9 Å². The van der Waals surface area contributed by atoms with E-state index in [0.29, 0.717) is 29.3 Å². The van der Waals surface area contributed by atoms with Crippen LogP contribution in [0.2, 0.25) is 0 Å². The maximum atomic E-state index is 12.6. The molecule has 0 fully saturated rings. The summed E-state index contributed by atoms with van der Waals surface area (Å²) in [6.45, 7) is 0.688. The predicted octanol–water partition coefficient (Wildman–Crippen LogP) is 3.16. The van der Waals surface area contributed by atoms with Crippen molar-refractivity contribution in [2.45, 2.75) is 25.8 Å². The summed E-state index contributed by atoms with van der Waals surface area (Å²) in [5.74, 6) is -0.0210. The Kier molecular flexibility index (Phi) is 4.62. The van der Waals surface area contributed by atoms with Crippen LogP contribution in [0.25, 0.3) is 0 Å². The number of rotatable bonds is 5. The normalized spacial score (nSPS) is 18.7. The fourth-order valence-corrected chi connectivity index (χ4v) is 3.51. The van der Waals surface area contributed by atoms with Crippen LogP contribution in [0, 0.1) is 5.92 Å². The molecule has 2 aromatic rings. The highest BCUT2D eigenvalue weighted by Gasteiger charge is 2.36. The Labute approximate surface area is 156 Å². The van der Waals surface area contributed by atoms with Crippen LogP contribution in [-0.4, -0.2) is 29.2 Å². The molecule has 0 bridgehead atoms. The second kappa shape index (κ2) is 7.23. The third kappa shape index (κ3) is 3.43. The minimum absolute atomic E-state index is 0.0794. The van der Waals surface area contributed by atoms with Crippen molar-refractivity contribution >= 4 is 17.7 Å². The number of allylic oxidation sites excluding steroid dienone is 2. The lowest BCUT2D eigenvalue weighted by Gasteiger charge is -2.18. The molecule has 0 saturated heterocycles. The first-order chi connectivity index (χ1) is 13.1. The molecule has 1 aliphatic heterocycles. The third-order valence-corrected chi connectivity index (χ3v) is 5.06. The predicted molar refractivity (Wildman–Crippen MR) is 98.2 cm³/mol. The van der Waals surface area contributed by atoms with Crippen molar-refractivity contribution in [3.8, 4) is 0 Å². The zero-order valence-electron chi connectivity index (χ0n) is 14.8. The third-order valence-electron chi connectivity index (χ3n) is 5.06. The first-order valence-corrected chi connectivity index (χ1v) is 9.09. The Morgan fingerprint density at radius 3 is 2.74 bits per heavy atom. The number of fused-ring (bicyclic) bond motifs is 1. The zero-order chi connectivity index (χ0) is 18.8. The number of carbonyl (C=O) groups excluding carboxylic acids is 3. The Bertz CT molecular complexity index is 914. The van der Waals surface area contributed by atoms with Crippen LogP contribution in [-0.2, 0) is 6.54 Å². The van der Waals surface area contributed by atoms with Crippen molar-refractivity contribution in [3.63, 3.8) is 0 Å². The van der Waals surface area contributed by atoms with Crippen LogP contribution in [0.4, 0.5) is 0 Å². The molecule has 4 rings (SSSR count). The van der Waals surface area contributed by atoms with Gasteiger partial charge in [-0.15, -0.1) is 0 Å². The fourth-order valence-electron chi connectivity index (χ4n) is 3.51. The SMILES string of the molecule is O=C(NCC1CC=CCC1)c1ccc2c(c1)C(=O)N(Cc1ccco1)C2=O. The average molecular weight is 364 g/mol. The number of hydrogen-bond donors (Lipinski definition) is 1. The number of benzene rings is 1. The number of nitrogens with one attached hydrogen (secondary N) is 1. The summed E-state index contributed by atoms with van der Waals surface area (Å²) >= 11 is 0. The number of amides is 3. The van der Waals surface area contributed by atoms with Gasteiger partial charge in [0, 0.05) is 12.1 Å². The molecule has 1 aromatic heterocycles. The van der Waals surface area contributed by atoms with E-state index in [1.165, 1.54) is 12.3 Å². The molecule has 2 aliphatic rings. The second-order valence-electron chi connectivity index (χ2n) is 6.90. The van der Waals surface area contributed by atoms with E-state index in [9.17, 15) is 14.4 Å². The first-order valence-electron chi connectivity index (χ1n) is 9.09. The minimum atomic E-state index is -0.404. The highest BCUT2D eigenvalue weighted by atomic mass is 16.3. The Hall–Kier alpha value is -3.15. The van der Waals surface area contributed by atoms with Crippen LogP contribution in [0.1, 0.15) is 56.1 Å². The molecule has 1 aliphatic carbocycles. The first kappa shape index (κ1) is 17.3. The van der Waals surface area contributed by atoms with E-state index >= 15 is 0 Å². The van der Waals surface area contributed by atoms with E-state index < -0.39 is 5.91 Å². The molecular weight excluding hydrogens is 344 g/mol. The second-order valence-corrected chi connectivity index (χ2v) is 6.90. The van der Waals surface area contributed by atoms with Gasteiger partial charge in [0.1, 0.15) is 5.76 Å². The summed E-state index contributed by atoms with van der Waals surface area (Å²) in [6.07, 6.45) is 8.89. The summed E-state index contributed by atoms with van der Waals surface area (Å²) in [4.78, 5) is 38.7. The van der Waals surface area contributed by atoms with E-state index in [2.05, 4.69) is 17.5 Å². The van der Waals surface area contributed by atoms with Crippen molar-refractivity contribution in [1.82, 2.24) is 10.2 Å². The van der Waals surface area contributed by atoms with Crippen molar-refractivity contribution in [2.75, 3.05) is 6.54 Å². The smallest absolute Gasteiger partial charge is 0.261 e. The van der Waals surface area contributed by atoms with Crippen molar-refractivity contribution in [1.29, 1.82) is 0 Å². The van der Waals surface area contributed by atoms with Crippen LogP contribution in [0.5, 0.6) is 0 Å². The summed E-state index contributed by atoms with van der Waals surface area (Å²) in [7, 11) is 0. The van der Waals surface area contributed by atoms with Gasteiger partial charge in [-0.1, -0.05) is 12.2 Å². The van der Waals surface area contributed by atoms with E-state index in [4.69, 9.17) is 4.42 Å². The van der Waals surface area contributed by atoms with Gasteiger partial charge in [0.15, 0.2) is 0 Å². The van der Waals surface area contributed by atoms with E-state index in [0.717, 1.165) is 24.2 Å². The lowest BCUT2D eigenvalue weighted by Crippen LogP contribution is -2.30. The number of hydrogen-bond acceptors (Lipinski definition) is 4. The van der Waals surface area contributed by atoms with E-state index in [1.807, 2.05) is 0 Å². The Morgan fingerprint density at radius 2 is 2.00 bits per heavy atom. The maximum Gasteiger partial charge on any atom is 0.261 e. The van der Waals surface area contributed by atoms with Gasteiger partial charge in [0.25, 0.3) is 17.7 Å². The molecule has 27 heavy (non-hydrogen) atoms. The van der Waals surface area contributed by atoms with Gasteiger partial charge in [0.2, 0.25) is 0 Å². The van der Waals surface area contributed by atoms with Gasteiger partial charge in [-0.05, 0) is 55.5 Å². The Balaban J connectivity index is 1.47. The van der Waals surface area contributed by atoms with Gasteiger partial charge in [-0.2, -0.15) is 0 Å². The average Bonchev–Trinajstić information content (AvgIpc) is 3.30. The lowest BCUT2D eigenvalue weighted by atomic mass is 9.94. The number of furan rings is 1. The largest absolute Gasteiger partial charge is 0.467 e. The zero-order valence-corrected chi connectivity index (χ0v) is 14.8. The lowest BCUT2D eigenvalue weighted by molar-refractivity contribution is 0.0631. The summed E-state index contributed by atoms with van der Waals surface area (Å²) in [5.41, 5.74) is 0.974. The monoisotopic (exact) mass is 364 g/mol. The van der Waals surface area contributed by atoms with Crippen LogP contribution in [0.15, 0.2) is 53.2 Å². The van der Waals surface area contributed by atoms with Crippen LogP contribution < -0.4 is 5.32 Å². The van der Waals surface area contributed by atoms with Crippen LogP contribution in [0.3, 0.4) is 0 Å². The van der Waals surface area contributed by atoms with Gasteiger partial charge < -0.3 is 9.73 Å². The molecule has 3 amide bonds. The molecule has 138 valence electrons.